The standard InChI is InChI=1S/C24H38BrN3O2/c1-26(2)24(29)28-15-10-19(11-16-28)5-4-12-27-13-8-20(9-14-27)17-21-18-22(30-3)6-7-23(21)25/h6-7,18-20H,4-5,8-17H2,1-3H3. The Morgan fingerprint density at radius 2 is 1.77 bits per heavy atom. The number of piperidine rings is 2. The van der Waals surface area contributed by atoms with Crippen LogP contribution in [0.3, 0.4) is 0 Å². The Bertz CT molecular complexity index is 681. The molecule has 0 atom stereocenters. The van der Waals surface area contributed by atoms with E-state index in [9.17, 15) is 4.79 Å². The highest BCUT2D eigenvalue weighted by Crippen LogP contribution is 2.29. The first-order valence-corrected chi connectivity index (χ1v) is 12.3. The molecule has 0 N–H and O–H groups in total. The fourth-order valence-corrected chi connectivity index (χ4v) is 5.27. The molecular weight excluding hydrogens is 442 g/mol. The second-order valence-electron chi connectivity index (χ2n) is 9.20. The maximum Gasteiger partial charge on any atom is 0.319 e. The molecule has 2 aliphatic heterocycles. The average Bonchev–Trinajstić information content (AvgIpc) is 2.76. The van der Waals surface area contributed by atoms with Gasteiger partial charge in [0.2, 0.25) is 0 Å². The van der Waals surface area contributed by atoms with E-state index in [1.54, 1.807) is 12.0 Å². The van der Waals surface area contributed by atoms with E-state index >= 15 is 0 Å². The Kier molecular flexibility index (Phi) is 8.87. The van der Waals surface area contributed by atoms with E-state index in [-0.39, 0.29) is 6.03 Å². The minimum Gasteiger partial charge on any atom is -0.497 e. The fraction of sp³-hybridized carbons (Fsp3) is 0.708. The number of likely N-dealkylation sites (tertiary alicyclic amines) is 2. The summed E-state index contributed by atoms with van der Waals surface area (Å²) < 4.78 is 6.59. The molecule has 0 aliphatic carbocycles. The highest BCUT2D eigenvalue weighted by Gasteiger charge is 2.24. The summed E-state index contributed by atoms with van der Waals surface area (Å²) in [6, 6.07) is 6.45. The van der Waals surface area contributed by atoms with Crippen molar-refractivity contribution < 1.29 is 9.53 Å². The topological polar surface area (TPSA) is 36.0 Å². The number of nitrogens with zero attached hydrogens (tertiary/aromatic N) is 3. The van der Waals surface area contributed by atoms with Crippen molar-refractivity contribution in [3.63, 3.8) is 0 Å². The molecule has 0 saturated carbocycles. The maximum absolute atomic E-state index is 12.1. The van der Waals surface area contributed by atoms with Gasteiger partial charge >= 0.3 is 6.03 Å². The third-order valence-electron chi connectivity index (χ3n) is 6.82. The summed E-state index contributed by atoms with van der Waals surface area (Å²) in [4.78, 5) is 18.4. The lowest BCUT2D eigenvalue weighted by Gasteiger charge is -2.35. The van der Waals surface area contributed by atoms with Gasteiger partial charge in [-0.05, 0) is 100 Å². The molecule has 168 valence electrons. The lowest BCUT2D eigenvalue weighted by Crippen LogP contribution is -2.44. The number of carbonyl (C=O) groups excluding carboxylic acids is 1. The van der Waals surface area contributed by atoms with Gasteiger partial charge in [-0.25, -0.2) is 4.79 Å². The van der Waals surface area contributed by atoms with E-state index in [4.69, 9.17) is 4.74 Å². The van der Waals surface area contributed by atoms with E-state index in [1.165, 1.54) is 55.4 Å². The summed E-state index contributed by atoms with van der Waals surface area (Å²) in [6.07, 6.45) is 8.63. The monoisotopic (exact) mass is 479 g/mol. The zero-order chi connectivity index (χ0) is 21.5. The van der Waals surface area contributed by atoms with E-state index in [0.29, 0.717) is 0 Å². The molecule has 2 aliphatic rings. The number of carbonyl (C=O) groups is 1. The largest absolute Gasteiger partial charge is 0.497 e. The second kappa shape index (κ2) is 11.4. The summed E-state index contributed by atoms with van der Waals surface area (Å²) in [5.74, 6) is 2.50. The van der Waals surface area contributed by atoms with Crippen LogP contribution in [0.1, 0.15) is 44.1 Å². The van der Waals surface area contributed by atoms with Gasteiger partial charge in [0, 0.05) is 31.7 Å². The van der Waals surface area contributed by atoms with Crippen molar-refractivity contribution in [2.45, 2.75) is 44.9 Å². The number of amides is 2. The van der Waals surface area contributed by atoms with Crippen molar-refractivity contribution in [3.05, 3.63) is 28.2 Å². The van der Waals surface area contributed by atoms with Gasteiger partial charge in [0.1, 0.15) is 5.75 Å². The van der Waals surface area contributed by atoms with Gasteiger partial charge in [-0.2, -0.15) is 0 Å². The molecule has 5 nitrogen and oxygen atoms in total. The van der Waals surface area contributed by atoms with Crippen LogP contribution in [-0.4, -0.2) is 74.7 Å². The number of hydrogen-bond donors (Lipinski definition) is 0. The van der Waals surface area contributed by atoms with Crippen LogP contribution in [-0.2, 0) is 6.42 Å². The molecule has 30 heavy (non-hydrogen) atoms. The summed E-state index contributed by atoms with van der Waals surface area (Å²) in [5, 5.41) is 0. The number of benzene rings is 1. The zero-order valence-corrected chi connectivity index (χ0v) is 20.5. The van der Waals surface area contributed by atoms with Crippen molar-refractivity contribution in [1.82, 2.24) is 14.7 Å². The highest BCUT2D eigenvalue weighted by atomic mass is 79.9. The Hall–Kier alpha value is -1.27. The molecule has 0 bridgehead atoms. The summed E-state index contributed by atoms with van der Waals surface area (Å²) in [7, 11) is 5.42. The molecule has 2 heterocycles. The third-order valence-corrected chi connectivity index (χ3v) is 7.60. The van der Waals surface area contributed by atoms with Gasteiger partial charge in [-0.3, -0.25) is 0 Å². The average molecular weight is 480 g/mol. The smallest absolute Gasteiger partial charge is 0.319 e. The van der Waals surface area contributed by atoms with E-state index in [1.807, 2.05) is 25.1 Å². The Morgan fingerprint density at radius 3 is 2.40 bits per heavy atom. The van der Waals surface area contributed by atoms with Gasteiger partial charge in [0.05, 0.1) is 7.11 Å². The summed E-state index contributed by atoms with van der Waals surface area (Å²) >= 11 is 3.70. The van der Waals surface area contributed by atoms with Crippen LogP contribution < -0.4 is 4.74 Å². The van der Waals surface area contributed by atoms with Crippen LogP contribution in [0.2, 0.25) is 0 Å². The number of ether oxygens (including phenoxy) is 1. The van der Waals surface area contributed by atoms with Crippen LogP contribution in [0.25, 0.3) is 0 Å². The normalized spacial score (nSPS) is 19.1. The molecule has 2 saturated heterocycles. The molecule has 0 unspecified atom stereocenters. The molecule has 0 radical (unpaired) electrons. The maximum atomic E-state index is 12.1. The molecule has 2 amide bonds. The van der Waals surface area contributed by atoms with E-state index in [2.05, 4.69) is 33.0 Å². The van der Waals surface area contributed by atoms with E-state index in [0.717, 1.165) is 49.9 Å². The van der Waals surface area contributed by atoms with Gasteiger partial charge in [-0.1, -0.05) is 15.9 Å². The molecular formula is C24H38BrN3O2. The molecule has 1 aromatic rings. The quantitative estimate of drug-likeness (QED) is 0.558. The lowest BCUT2D eigenvalue weighted by molar-refractivity contribution is 0.141. The van der Waals surface area contributed by atoms with Gasteiger partial charge in [-0.15, -0.1) is 0 Å². The Morgan fingerprint density at radius 1 is 1.10 bits per heavy atom. The first-order chi connectivity index (χ1) is 14.5. The van der Waals surface area contributed by atoms with E-state index < -0.39 is 0 Å². The van der Waals surface area contributed by atoms with Crippen molar-refractivity contribution in [1.29, 1.82) is 0 Å². The highest BCUT2D eigenvalue weighted by molar-refractivity contribution is 9.10. The Balaban J connectivity index is 1.32. The van der Waals surface area contributed by atoms with Crippen molar-refractivity contribution >= 4 is 22.0 Å². The van der Waals surface area contributed by atoms with Crippen LogP contribution in [0.4, 0.5) is 4.79 Å². The van der Waals surface area contributed by atoms with Gasteiger partial charge in [0.15, 0.2) is 0 Å². The minimum atomic E-state index is 0.164. The number of rotatable bonds is 7. The number of methoxy groups -OCH3 is 1. The number of urea groups is 1. The Labute approximate surface area is 190 Å². The third kappa shape index (κ3) is 6.61. The predicted molar refractivity (Wildman–Crippen MR) is 126 cm³/mol. The molecule has 2 fully saturated rings. The van der Waals surface area contributed by atoms with Crippen LogP contribution >= 0.6 is 15.9 Å². The molecule has 3 rings (SSSR count). The second-order valence-corrected chi connectivity index (χ2v) is 10.1. The van der Waals surface area contributed by atoms with Gasteiger partial charge in [0.25, 0.3) is 0 Å². The van der Waals surface area contributed by atoms with Crippen LogP contribution in [0, 0.1) is 11.8 Å². The molecule has 0 spiro atoms. The van der Waals surface area contributed by atoms with Gasteiger partial charge < -0.3 is 19.4 Å². The SMILES string of the molecule is COc1ccc(Br)c(CC2CCN(CCCC3CCN(C(=O)N(C)C)CC3)CC2)c1. The fourth-order valence-electron chi connectivity index (χ4n) is 4.86. The molecule has 6 heteroatoms. The minimum absolute atomic E-state index is 0.164. The van der Waals surface area contributed by atoms with Crippen molar-refractivity contribution in [2.24, 2.45) is 11.8 Å². The molecule has 1 aromatic carbocycles. The summed E-state index contributed by atoms with van der Waals surface area (Å²) in [5.41, 5.74) is 1.37. The lowest BCUT2D eigenvalue weighted by atomic mass is 9.89. The first kappa shape index (κ1) is 23.4. The predicted octanol–water partition coefficient (Wildman–Crippen LogP) is 4.89. The first-order valence-electron chi connectivity index (χ1n) is 11.5. The number of hydrogen-bond acceptors (Lipinski definition) is 3. The van der Waals surface area contributed by atoms with Crippen LogP contribution in [0.5, 0.6) is 5.75 Å². The molecule has 0 aromatic heterocycles. The number of halogens is 1. The van der Waals surface area contributed by atoms with Crippen molar-refractivity contribution in [2.75, 3.05) is 53.9 Å². The van der Waals surface area contributed by atoms with Crippen molar-refractivity contribution in [3.8, 4) is 5.75 Å². The van der Waals surface area contributed by atoms with Crippen LogP contribution in [0.15, 0.2) is 22.7 Å². The zero-order valence-electron chi connectivity index (χ0n) is 18.9. The summed E-state index contributed by atoms with van der Waals surface area (Å²) in [6.45, 7) is 5.52.